The van der Waals surface area contributed by atoms with Crippen molar-refractivity contribution >= 4 is 17.0 Å². The highest BCUT2D eigenvalue weighted by atomic mass is 16.8. The molecule has 2 aromatic heterocycles. The molecule has 2 N–H and O–H groups in total. The van der Waals surface area contributed by atoms with E-state index in [1.807, 2.05) is 20.8 Å². The van der Waals surface area contributed by atoms with Gasteiger partial charge in [-0.05, 0) is 27.7 Å². The first-order chi connectivity index (χ1) is 11.4. The van der Waals surface area contributed by atoms with Crippen molar-refractivity contribution in [1.82, 2.24) is 25.0 Å². The van der Waals surface area contributed by atoms with Gasteiger partial charge in [-0.1, -0.05) is 5.21 Å². The van der Waals surface area contributed by atoms with Crippen molar-refractivity contribution < 1.29 is 14.2 Å². The molecule has 2 aliphatic rings. The summed E-state index contributed by atoms with van der Waals surface area (Å²) in [7, 11) is 0. The summed E-state index contributed by atoms with van der Waals surface area (Å²) in [5.41, 5.74) is 7.08. The zero-order valence-electron chi connectivity index (χ0n) is 14.3. The molecule has 24 heavy (non-hydrogen) atoms. The maximum Gasteiger partial charge on any atom is 0.184 e. The first-order valence-electron chi connectivity index (χ1n) is 8.22. The zero-order valence-corrected chi connectivity index (χ0v) is 14.3. The summed E-state index contributed by atoms with van der Waals surface area (Å²) < 4.78 is 19.8. The Hall–Kier alpha value is -1.84. The molecule has 0 spiro atoms. The summed E-state index contributed by atoms with van der Waals surface area (Å²) >= 11 is 0. The standard InChI is InChI=1S/C15H22N6O3/c1-5-22-9-6-8(11-12(9)24-15(3,4)23-11)21-14-10(19-20-21)13(16)17-7(2)18-14/h8-9,11-12H,5-6H2,1-4H3,(H2,16,17,18)/t8-,9+,11+,12-/m1/s1. The van der Waals surface area contributed by atoms with Gasteiger partial charge in [-0.3, -0.25) is 0 Å². The van der Waals surface area contributed by atoms with Crippen molar-refractivity contribution in [1.29, 1.82) is 0 Å². The van der Waals surface area contributed by atoms with Gasteiger partial charge in [0.25, 0.3) is 0 Å². The van der Waals surface area contributed by atoms with E-state index in [9.17, 15) is 0 Å². The smallest absolute Gasteiger partial charge is 0.184 e. The van der Waals surface area contributed by atoms with Gasteiger partial charge in [0, 0.05) is 13.0 Å². The van der Waals surface area contributed by atoms with Gasteiger partial charge in [0.1, 0.15) is 18.0 Å². The third kappa shape index (κ3) is 2.35. The minimum absolute atomic E-state index is 0.0497. The fourth-order valence-corrected chi connectivity index (χ4v) is 3.71. The number of hydrogen-bond donors (Lipinski definition) is 1. The second kappa shape index (κ2) is 5.33. The largest absolute Gasteiger partial charge is 0.382 e. The molecule has 0 aromatic carbocycles. The van der Waals surface area contributed by atoms with E-state index < -0.39 is 5.79 Å². The van der Waals surface area contributed by atoms with E-state index >= 15 is 0 Å². The third-order valence-electron chi connectivity index (χ3n) is 4.54. The highest BCUT2D eigenvalue weighted by Gasteiger charge is 2.55. The number of ether oxygens (including phenoxy) is 3. The quantitative estimate of drug-likeness (QED) is 0.884. The van der Waals surface area contributed by atoms with Crippen LogP contribution in [-0.2, 0) is 14.2 Å². The molecule has 4 atom stereocenters. The fraction of sp³-hybridized carbons (Fsp3) is 0.733. The minimum atomic E-state index is -0.649. The highest BCUT2D eigenvalue weighted by molar-refractivity contribution is 5.80. The van der Waals surface area contributed by atoms with Gasteiger partial charge < -0.3 is 19.9 Å². The molecule has 130 valence electrons. The summed E-state index contributed by atoms with van der Waals surface area (Å²) in [5, 5.41) is 8.43. The molecule has 3 heterocycles. The Morgan fingerprint density at radius 1 is 1.29 bits per heavy atom. The second-order valence-electron chi connectivity index (χ2n) is 6.72. The molecule has 2 aromatic rings. The van der Waals surface area contributed by atoms with Crippen LogP contribution in [0.2, 0.25) is 0 Å². The van der Waals surface area contributed by atoms with E-state index in [0.717, 1.165) is 6.42 Å². The lowest BCUT2D eigenvalue weighted by Gasteiger charge is -2.23. The highest BCUT2D eigenvalue weighted by Crippen LogP contribution is 2.45. The van der Waals surface area contributed by atoms with E-state index in [1.54, 1.807) is 11.6 Å². The van der Waals surface area contributed by atoms with Crippen molar-refractivity contribution in [3.05, 3.63) is 5.82 Å². The first kappa shape index (κ1) is 15.7. The van der Waals surface area contributed by atoms with Crippen LogP contribution >= 0.6 is 0 Å². The molecule has 4 rings (SSSR count). The Kier molecular flexibility index (Phi) is 3.48. The van der Waals surface area contributed by atoms with Crippen LogP contribution in [0.15, 0.2) is 0 Å². The summed E-state index contributed by atoms with van der Waals surface area (Å²) in [4.78, 5) is 8.62. The topological polar surface area (TPSA) is 110 Å². The van der Waals surface area contributed by atoms with Gasteiger partial charge in [-0.25, -0.2) is 14.6 Å². The van der Waals surface area contributed by atoms with Gasteiger partial charge in [0.15, 0.2) is 22.8 Å². The van der Waals surface area contributed by atoms with Crippen molar-refractivity contribution in [2.24, 2.45) is 0 Å². The number of anilines is 1. The van der Waals surface area contributed by atoms with Crippen molar-refractivity contribution in [2.75, 3.05) is 12.3 Å². The van der Waals surface area contributed by atoms with E-state index in [1.165, 1.54) is 0 Å². The molecular weight excluding hydrogens is 312 g/mol. The summed E-state index contributed by atoms with van der Waals surface area (Å²) in [6.07, 6.45) is 0.370. The fourth-order valence-electron chi connectivity index (χ4n) is 3.71. The molecule has 1 saturated carbocycles. The van der Waals surface area contributed by atoms with Crippen LogP contribution in [0.25, 0.3) is 11.2 Å². The van der Waals surface area contributed by atoms with E-state index in [2.05, 4.69) is 20.3 Å². The number of aryl methyl sites for hydroxylation is 1. The average Bonchev–Trinajstić information content (AvgIpc) is 3.12. The van der Waals surface area contributed by atoms with Crippen molar-refractivity contribution in [3.8, 4) is 0 Å². The molecule has 0 radical (unpaired) electrons. The number of nitrogens with two attached hydrogens (primary N) is 1. The molecule has 0 unspecified atom stereocenters. The number of fused-ring (bicyclic) bond motifs is 2. The Bertz CT molecular complexity index is 776. The molecule has 9 nitrogen and oxygen atoms in total. The average molecular weight is 334 g/mol. The lowest BCUT2D eigenvalue weighted by Crippen LogP contribution is -2.31. The van der Waals surface area contributed by atoms with Crippen LogP contribution < -0.4 is 5.73 Å². The maximum absolute atomic E-state index is 6.13. The Balaban J connectivity index is 1.76. The molecule has 2 fully saturated rings. The number of aromatic nitrogens is 5. The van der Waals surface area contributed by atoms with Gasteiger partial charge >= 0.3 is 0 Å². The van der Waals surface area contributed by atoms with Gasteiger partial charge in [-0.15, -0.1) is 5.10 Å². The van der Waals surface area contributed by atoms with Gasteiger partial charge in [0.2, 0.25) is 0 Å². The Labute approximate surface area is 139 Å². The number of rotatable bonds is 3. The van der Waals surface area contributed by atoms with Crippen LogP contribution in [-0.4, -0.2) is 55.7 Å². The zero-order chi connectivity index (χ0) is 17.1. The molecular formula is C15H22N6O3. The molecule has 9 heteroatoms. The van der Waals surface area contributed by atoms with Crippen LogP contribution in [0.1, 0.15) is 39.1 Å². The lowest BCUT2D eigenvalue weighted by atomic mass is 10.2. The van der Waals surface area contributed by atoms with Crippen molar-refractivity contribution in [2.45, 2.75) is 64.3 Å². The minimum Gasteiger partial charge on any atom is -0.382 e. The summed E-state index contributed by atoms with van der Waals surface area (Å²) in [5.74, 6) is 0.274. The number of nitrogens with zero attached hydrogens (tertiary/aromatic N) is 5. The Morgan fingerprint density at radius 3 is 2.79 bits per heavy atom. The van der Waals surface area contributed by atoms with E-state index in [4.69, 9.17) is 19.9 Å². The predicted molar refractivity (Wildman–Crippen MR) is 85.2 cm³/mol. The normalized spacial score (nSPS) is 31.7. The predicted octanol–water partition coefficient (Wildman–Crippen LogP) is 0.982. The lowest BCUT2D eigenvalue weighted by molar-refractivity contribution is -0.170. The molecule has 1 aliphatic heterocycles. The maximum atomic E-state index is 6.13. The van der Waals surface area contributed by atoms with Crippen LogP contribution in [0.4, 0.5) is 5.82 Å². The van der Waals surface area contributed by atoms with Crippen molar-refractivity contribution in [3.63, 3.8) is 0 Å². The van der Waals surface area contributed by atoms with Crippen LogP contribution in [0, 0.1) is 6.92 Å². The van der Waals surface area contributed by atoms with E-state index in [0.29, 0.717) is 29.4 Å². The van der Waals surface area contributed by atoms with E-state index in [-0.39, 0.29) is 24.4 Å². The number of hydrogen-bond acceptors (Lipinski definition) is 8. The molecule has 0 amide bonds. The molecule has 1 saturated heterocycles. The van der Waals surface area contributed by atoms with Crippen LogP contribution in [0.5, 0.6) is 0 Å². The monoisotopic (exact) mass is 334 g/mol. The summed E-state index contributed by atoms with van der Waals surface area (Å²) in [6, 6.07) is -0.0768. The third-order valence-corrected chi connectivity index (χ3v) is 4.54. The van der Waals surface area contributed by atoms with Crippen LogP contribution in [0.3, 0.4) is 0 Å². The molecule has 0 bridgehead atoms. The Morgan fingerprint density at radius 2 is 2.04 bits per heavy atom. The first-order valence-corrected chi connectivity index (χ1v) is 8.22. The van der Waals surface area contributed by atoms with Gasteiger partial charge in [0.05, 0.1) is 12.1 Å². The van der Waals surface area contributed by atoms with Gasteiger partial charge in [-0.2, -0.15) is 0 Å². The SMILES string of the molecule is CCO[C@H]1C[C@@H](n2nnc3c(N)nc(C)nc32)[C@@H]2OC(C)(C)O[C@@H]21. The summed E-state index contributed by atoms with van der Waals surface area (Å²) in [6.45, 7) is 8.22. The molecule has 1 aliphatic carbocycles. The second-order valence-corrected chi connectivity index (χ2v) is 6.72. The number of nitrogen functional groups attached to an aromatic ring is 1.